The molecule has 4 rings (SSSR count). The highest BCUT2D eigenvalue weighted by atomic mass is 16.5. The number of aryl methyl sites for hydroxylation is 1. The third-order valence-electron chi connectivity index (χ3n) is 4.83. The lowest BCUT2D eigenvalue weighted by Crippen LogP contribution is -2.45. The molecule has 0 N–H and O–H groups in total. The Kier molecular flexibility index (Phi) is 4.32. The topological polar surface area (TPSA) is 84.3 Å². The summed E-state index contributed by atoms with van der Waals surface area (Å²) in [5.74, 6) is 3.45. The van der Waals surface area contributed by atoms with Gasteiger partial charge in [-0.3, -0.25) is 9.80 Å². The Morgan fingerprint density at radius 2 is 2.12 bits per heavy atom. The first-order valence-corrected chi connectivity index (χ1v) is 8.71. The molecule has 0 amide bonds. The number of likely N-dealkylation sites (tertiary alicyclic amines) is 1. The Hall–Kier alpha value is -1.80. The highest BCUT2D eigenvalue weighted by Crippen LogP contribution is 2.39. The molecule has 0 aromatic carbocycles. The van der Waals surface area contributed by atoms with Crippen molar-refractivity contribution < 1.29 is 8.94 Å². The predicted octanol–water partition coefficient (Wildman–Crippen LogP) is 1.73. The van der Waals surface area contributed by atoms with Crippen molar-refractivity contribution in [3.05, 3.63) is 23.5 Å². The van der Waals surface area contributed by atoms with Crippen LogP contribution < -0.4 is 0 Å². The molecule has 130 valence electrons. The molecule has 0 radical (unpaired) electrons. The second-order valence-electron chi connectivity index (χ2n) is 6.98. The van der Waals surface area contributed by atoms with Crippen LogP contribution in [0.1, 0.15) is 55.1 Å². The zero-order valence-electron chi connectivity index (χ0n) is 14.3. The summed E-state index contributed by atoms with van der Waals surface area (Å²) in [5.41, 5.74) is 0. The molecule has 24 heavy (non-hydrogen) atoms. The fourth-order valence-corrected chi connectivity index (χ4v) is 3.31. The summed E-state index contributed by atoms with van der Waals surface area (Å²) in [5, 5.41) is 12.4. The number of piperidine rings is 1. The van der Waals surface area contributed by atoms with Gasteiger partial charge in [0.2, 0.25) is 17.7 Å². The smallest absolute Gasteiger partial charge is 0.230 e. The average Bonchev–Trinajstić information content (AvgIpc) is 3.19. The van der Waals surface area contributed by atoms with E-state index in [2.05, 4.69) is 37.2 Å². The quantitative estimate of drug-likeness (QED) is 0.791. The molecule has 2 aromatic rings. The van der Waals surface area contributed by atoms with Crippen molar-refractivity contribution in [2.75, 3.05) is 20.1 Å². The van der Waals surface area contributed by atoms with E-state index in [9.17, 15) is 0 Å². The molecule has 1 saturated heterocycles. The van der Waals surface area contributed by atoms with Crippen LogP contribution in [0.15, 0.2) is 8.94 Å². The van der Waals surface area contributed by atoms with Gasteiger partial charge in [-0.25, -0.2) is 0 Å². The number of aromatic nitrogens is 4. The van der Waals surface area contributed by atoms with Crippen LogP contribution in [0.25, 0.3) is 0 Å². The Bertz CT molecular complexity index is 680. The van der Waals surface area contributed by atoms with Gasteiger partial charge in [0.25, 0.3) is 0 Å². The maximum Gasteiger partial charge on any atom is 0.230 e. The molecule has 2 aromatic heterocycles. The van der Waals surface area contributed by atoms with Gasteiger partial charge in [0.1, 0.15) is 0 Å². The van der Waals surface area contributed by atoms with E-state index in [0.717, 1.165) is 37.2 Å². The average molecular weight is 332 g/mol. The molecule has 2 aliphatic rings. The maximum absolute atomic E-state index is 5.78. The summed E-state index contributed by atoms with van der Waals surface area (Å²) in [6.45, 7) is 5.34. The summed E-state index contributed by atoms with van der Waals surface area (Å²) in [7, 11) is 2.13. The second kappa shape index (κ2) is 6.60. The van der Waals surface area contributed by atoms with Gasteiger partial charge in [-0.1, -0.05) is 5.16 Å². The van der Waals surface area contributed by atoms with Crippen LogP contribution in [0.5, 0.6) is 0 Å². The van der Waals surface area contributed by atoms with Crippen molar-refractivity contribution in [2.24, 2.45) is 0 Å². The molecule has 8 nitrogen and oxygen atoms in total. The van der Waals surface area contributed by atoms with Crippen LogP contribution in [0.4, 0.5) is 0 Å². The molecule has 8 heteroatoms. The van der Waals surface area contributed by atoms with E-state index in [0.29, 0.717) is 24.4 Å². The van der Waals surface area contributed by atoms with E-state index >= 15 is 0 Å². The number of nitrogens with zero attached hydrogens (tertiary/aromatic N) is 6. The molecule has 1 aliphatic carbocycles. The van der Waals surface area contributed by atoms with Gasteiger partial charge in [0.05, 0.1) is 13.1 Å². The van der Waals surface area contributed by atoms with Gasteiger partial charge in [-0.15, -0.1) is 10.2 Å². The fraction of sp³-hybridized carbons (Fsp3) is 0.750. The van der Waals surface area contributed by atoms with Crippen molar-refractivity contribution in [1.82, 2.24) is 30.1 Å². The highest BCUT2D eigenvalue weighted by molar-refractivity contribution is 5.00. The van der Waals surface area contributed by atoms with Crippen LogP contribution >= 0.6 is 0 Å². The SMILES string of the molecule is Cc1nc(CN2CCCC(N(C)Cc3nnc(C4CC4)o3)C2)no1. The molecule has 1 unspecified atom stereocenters. The minimum atomic E-state index is 0.475. The number of rotatable bonds is 6. The van der Waals surface area contributed by atoms with Crippen molar-refractivity contribution in [3.63, 3.8) is 0 Å². The Morgan fingerprint density at radius 3 is 2.88 bits per heavy atom. The molecule has 3 heterocycles. The van der Waals surface area contributed by atoms with Gasteiger partial charge in [0.15, 0.2) is 5.82 Å². The number of likely N-dealkylation sites (N-methyl/N-ethyl adjacent to an activating group) is 1. The third kappa shape index (κ3) is 3.64. The third-order valence-corrected chi connectivity index (χ3v) is 4.83. The van der Waals surface area contributed by atoms with Crippen molar-refractivity contribution in [2.45, 2.75) is 57.7 Å². The van der Waals surface area contributed by atoms with Gasteiger partial charge in [-0.05, 0) is 39.3 Å². The minimum absolute atomic E-state index is 0.475. The van der Waals surface area contributed by atoms with Crippen molar-refractivity contribution >= 4 is 0 Å². The molecule has 2 fully saturated rings. The zero-order valence-corrected chi connectivity index (χ0v) is 14.3. The first kappa shape index (κ1) is 15.7. The fourth-order valence-electron chi connectivity index (χ4n) is 3.31. The lowest BCUT2D eigenvalue weighted by molar-refractivity contribution is 0.0985. The van der Waals surface area contributed by atoms with Crippen LogP contribution in [0.3, 0.4) is 0 Å². The van der Waals surface area contributed by atoms with Crippen LogP contribution in [0.2, 0.25) is 0 Å². The number of hydrogen-bond acceptors (Lipinski definition) is 8. The molecule has 1 aliphatic heterocycles. The summed E-state index contributed by atoms with van der Waals surface area (Å²) < 4.78 is 10.8. The van der Waals surface area contributed by atoms with Gasteiger partial charge in [0, 0.05) is 25.4 Å². The standard InChI is InChI=1S/C16H24N6O2/c1-11-17-14(20-24-11)9-22-7-3-4-13(8-22)21(2)10-15-18-19-16(23-15)12-5-6-12/h12-13H,3-10H2,1-2H3. The van der Waals surface area contributed by atoms with E-state index in [1.807, 2.05) is 6.92 Å². The largest absolute Gasteiger partial charge is 0.424 e. The molecule has 1 saturated carbocycles. The monoisotopic (exact) mass is 332 g/mol. The lowest BCUT2D eigenvalue weighted by atomic mass is 10.0. The highest BCUT2D eigenvalue weighted by Gasteiger charge is 2.30. The maximum atomic E-state index is 5.78. The Morgan fingerprint density at radius 1 is 1.25 bits per heavy atom. The molecular weight excluding hydrogens is 308 g/mol. The van der Waals surface area contributed by atoms with Crippen molar-refractivity contribution in [1.29, 1.82) is 0 Å². The molecule has 0 spiro atoms. The van der Waals surface area contributed by atoms with E-state index in [1.165, 1.54) is 25.7 Å². The summed E-state index contributed by atoms with van der Waals surface area (Å²) in [4.78, 5) is 9.01. The summed E-state index contributed by atoms with van der Waals surface area (Å²) >= 11 is 0. The van der Waals surface area contributed by atoms with Gasteiger partial charge < -0.3 is 8.94 Å². The first-order valence-electron chi connectivity index (χ1n) is 8.71. The van der Waals surface area contributed by atoms with E-state index in [1.54, 1.807) is 0 Å². The Balaban J connectivity index is 1.32. The van der Waals surface area contributed by atoms with E-state index in [4.69, 9.17) is 8.94 Å². The second-order valence-corrected chi connectivity index (χ2v) is 6.98. The Labute approximate surface area is 141 Å². The van der Waals surface area contributed by atoms with Crippen LogP contribution in [-0.4, -0.2) is 56.3 Å². The number of hydrogen-bond donors (Lipinski definition) is 0. The normalized spacial score (nSPS) is 22.4. The van der Waals surface area contributed by atoms with Crippen molar-refractivity contribution in [3.8, 4) is 0 Å². The molecular formula is C16H24N6O2. The van der Waals surface area contributed by atoms with Gasteiger partial charge in [-0.2, -0.15) is 4.98 Å². The zero-order chi connectivity index (χ0) is 16.5. The van der Waals surface area contributed by atoms with Crippen LogP contribution in [-0.2, 0) is 13.1 Å². The predicted molar refractivity (Wildman–Crippen MR) is 85.1 cm³/mol. The minimum Gasteiger partial charge on any atom is -0.424 e. The summed E-state index contributed by atoms with van der Waals surface area (Å²) in [6.07, 6.45) is 4.72. The van der Waals surface area contributed by atoms with E-state index in [-0.39, 0.29) is 0 Å². The van der Waals surface area contributed by atoms with Crippen LogP contribution in [0, 0.1) is 6.92 Å². The van der Waals surface area contributed by atoms with Gasteiger partial charge >= 0.3 is 0 Å². The summed E-state index contributed by atoms with van der Waals surface area (Å²) in [6, 6.07) is 0.475. The molecule has 1 atom stereocenters. The molecule has 0 bridgehead atoms. The lowest BCUT2D eigenvalue weighted by Gasteiger charge is -2.36. The van der Waals surface area contributed by atoms with E-state index < -0.39 is 0 Å². The first-order chi connectivity index (χ1) is 11.7.